The van der Waals surface area contributed by atoms with Crippen LogP contribution in [-0.2, 0) is 0 Å². The van der Waals surface area contributed by atoms with Gasteiger partial charge in [0.1, 0.15) is 5.75 Å². The second-order valence-corrected chi connectivity index (χ2v) is 6.87. The number of thiocarbonyl (C=S) groups is 1. The van der Waals surface area contributed by atoms with Crippen LogP contribution in [0.3, 0.4) is 0 Å². The zero-order valence-electron chi connectivity index (χ0n) is 14.1. The Morgan fingerprint density at radius 3 is 2.62 bits per heavy atom. The van der Waals surface area contributed by atoms with E-state index >= 15 is 0 Å². The number of anilines is 1. The van der Waals surface area contributed by atoms with E-state index in [0.29, 0.717) is 17.9 Å². The van der Waals surface area contributed by atoms with Gasteiger partial charge in [0.15, 0.2) is 5.11 Å². The number of ether oxygens (including phenoxy) is 1. The fourth-order valence-corrected chi connectivity index (χ4v) is 3.13. The molecule has 0 aliphatic rings. The third-order valence-electron chi connectivity index (χ3n) is 3.72. The molecule has 26 heavy (non-hydrogen) atoms. The van der Waals surface area contributed by atoms with E-state index in [9.17, 15) is 4.79 Å². The minimum atomic E-state index is -0.326. The van der Waals surface area contributed by atoms with Crippen LogP contribution in [0.5, 0.6) is 5.75 Å². The molecule has 3 aromatic carbocycles. The smallest absolute Gasteiger partial charge is 0.261 e. The summed E-state index contributed by atoms with van der Waals surface area (Å²) < 4.78 is 6.31. The molecule has 6 heteroatoms. The number of carbonyl (C=O) groups is 1. The molecule has 0 unspecified atom stereocenters. The van der Waals surface area contributed by atoms with Crippen molar-refractivity contribution in [1.29, 1.82) is 0 Å². The molecule has 0 aliphatic heterocycles. The Labute approximate surface area is 165 Å². The molecule has 0 fully saturated rings. The molecule has 1 amide bonds. The van der Waals surface area contributed by atoms with Crippen molar-refractivity contribution in [2.45, 2.75) is 6.92 Å². The molecule has 0 heterocycles. The summed E-state index contributed by atoms with van der Waals surface area (Å²) in [5, 5.41) is 8.21. The van der Waals surface area contributed by atoms with Gasteiger partial charge >= 0.3 is 0 Å². The molecule has 132 valence electrons. The molecule has 0 aliphatic carbocycles. The maximum absolute atomic E-state index is 12.6. The Bertz CT molecular complexity index is 975. The summed E-state index contributed by atoms with van der Waals surface area (Å²) in [5.74, 6) is 0.190. The number of nitrogens with one attached hydrogen (secondary N) is 2. The van der Waals surface area contributed by atoms with Crippen molar-refractivity contribution >= 4 is 55.6 Å². The van der Waals surface area contributed by atoms with Gasteiger partial charge in [-0.25, -0.2) is 0 Å². The van der Waals surface area contributed by atoms with Gasteiger partial charge in [0.05, 0.1) is 12.2 Å². The van der Waals surface area contributed by atoms with Gasteiger partial charge in [-0.2, -0.15) is 0 Å². The summed E-state index contributed by atoms with van der Waals surface area (Å²) in [6.07, 6.45) is 0. The predicted octanol–water partition coefficient (Wildman–Crippen LogP) is 5.13. The number of rotatable bonds is 4. The van der Waals surface area contributed by atoms with E-state index in [1.165, 1.54) is 0 Å². The number of fused-ring (bicyclic) bond motifs is 1. The maximum Gasteiger partial charge on any atom is 0.261 e. The Hall–Kier alpha value is -2.44. The van der Waals surface area contributed by atoms with E-state index in [4.69, 9.17) is 17.0 Å². The molecular formula is C20H17BrN2O2S. The van der Waals surface area contributed by atoms with Gasteiger partial charge in [0.25, 0.3) is 5.91 Å². The Kier molecular flexibility index (Phi) is 5.85. The van der Waals surface area contributed by atoms with E-state index < -0.39 is 0 Å². The molecular weight excluding hydrogens is 412 g/mol. The lowest BCUT2D eigenvalue weighted by molar-refractivity contribution is 0.0974. The summed E-state index contributed by atoms with van der Waals surface area (Å²) in [4.78, 5) is 12.6. The largest absolute Gasteiger partial charge is 0.493 e. The van der Waals surface area contributed by atoms with Crippen LogP contribution >= 0.6 is 28.1 Å². The van der Waals surface area contributed by atoms with Gasteiger partial charge in [-0.05, 0) is 60.2 Å². The van der Waals surface area contributed by atoms with E-state index in [0.717, 1.165) is 20.9 Å². The van der Waals surface area contributed by atoms with Gasteiger partial charge in [0.2, 0.25) is 0 Å². The van der Waals surface area contributed by atoms with Gasteiger partial charge in [-0.3, -0.25) is 10.1 Å². The van der Waals surface area contributed by atoms with E-state index in [1.54, 1.807) is 12.1 Å². The highest BCUT2D eigenvalue weighted by Crippen LogP contribution is 2.23. The first-order valence-corrected chi connectivity index (χ1v) is 9.30. The first-order valence-electron chi connectivity index (χ1n) is 8.10. The quantitative estimate of drug-likeness (QED) is 0.565. The molecule has 0 atom stereocenters. The number of carbonyl (C=O) groups excluding carboxylic acids is 1. The molecule has 3 aromatic rings. The first kappa shape index (κ1) is 18.4. The van der Waals surface area contributed by atoms with E-state index in [2.05, 4.69) is 26.6 Å². The molecule has 0 bridgehead atoms. The Morgan fingerprint density at radius 1 is 1.08 bits per heavy atom. The van der Waals surface area contributed by atoms with Crippen molar-refractivity contribution in [3.05, 3.63) is 70.7 Å². The number of benzene rings is 3. The highest BCUT2D eigenvalue weighted by atomic mass is 79.9. The van der Waals surface area contributed by atoms with Crippen molar-refractivity contribution in [1.82, 2.24) is 5.32 Å². The maximum atomic E-state index is 12.6. The predicted molar refractivity (Wildman–Crippen MR) is 113 cm³/mol. The van der Waals surface area contributed by atoms with Gasteiger partial charge in [0, 0.05) is 10.2 Å². The second kappa shape index (κ2) is 8.29. The van der Waals surface area contributed by atoms with E-state index in [1.807, 2.05) is 55.5 Å². The molecule has 0 radical (unpaired) electrons. The van der Waals surface area contributed by atoms with Crippen molar-refractivity contribution in [3.63, 3.8) is 0 Å². The summed E-state index contributed by atoms with van der Waals surface area (Å²) in [6.45, 7) is 2.34. The minimum absolute atomic E-state index is 0.229. The zero-order chi connectivity index (χ0) is 18.5. The minimum Gasteiger partial charge on any atom is -0.493 e. The monoisotopic (exact) mass is 428 g/mol. The lowest BCUT2D eigenvalue weighted by Crippen LogP contribution is -2.34. The molecule has 0 spiro atoms. The molecule has 3 rings (SSSR count). The average molecular weight is 429 g/mol. The number of hydrogen-bond acceptors (Lipinski definition) is 3. The van der Waals surface area contributed by atoms with Crippen LogP contribution in [0.4, 0.5) is 5.69 Å². The van der Waals surface area contributed by atoms with Crippen LogP contribution in [0.15, 0.2) is 65.1 Å². The second-order valence-electron chi connectivity index (χ2n) is 5.54. The third-order valence-corrected chi connectivity index (χ3v) is 4.42. The van der Waals surface area contributed by atoms with Crippen LogP contribution in [0.2, 0.25) is 0 Å². The summed E-state index contributed by atoms with van der Waals surface area (Å²) in [7, 11) is 0. The highest BCUT2D eigenvalue weighted by Gasteiger charge is 2.14. The summed E-state index contributed by atoms with van der Waals surface area (Å²) in [6, 6.07) is 19.2. The average Bonchev–Trinajstić information content (AvgIpc) is 2.63. The van der Waals surface area contributed by atoms with Gasteiger partial charge in [-0.1, -0.05) is 46.3 Å². The van der Waals surface area contributed by atoms with Crippen LogP contribution in [0.1, 0.15) is 17.3 Å². The highest BCUT2D eigenvalue weighted by molar-refractivity contribution is 9.10. The summed E-state index contributed by atoms with van der Waals surface area (Å²) in [5.41, 5.74) is 1.23. The van der Waals surface area contributed by atoms with Crippen molar-refractivity contribution in [2.75, 3.05) is 11.9 Å². The topological polar surface area (TPSA) is 50.4 Å². The standard InChI is InChI=1S/C20H17BrN2O2S/c1-2-25-18-10-8-15(21)12-17(18)19(24)23-20(26)22-16-9-7-13-5-3-4-6-14(13)11-16/h3-12H,2H2,1H3,(H2,22,23,24,26). The van der Waals surface area contributed by atoms with Crippen molar-refractivity contribution in [3.8, 4) is 5.75 Å². The van der Waals surface area contributed by atoms with Crippen LogP contribution < -0.4 is 15.4 Å². The molecule has 2 N–H and O–H groups in total. The Balaban J connectivity index is 1.73. The number of amides is 1. The lowest BCUT2D eigenvalue weighted by Gasteiger charge is -2.13. The van der Waals surface area contributed by atoms with E-state index in [-0.39, 0.29) is 11.0 Å². The van der Waals surface area contributed by atoms with Crippen LogP contribution in [0, 0.1) is 0 Å². The Morgan fingerprint density at radius 2 is 1.85 bits per heavy atom. The number of hydrogen-bond donors (Lipinski definition) is 2. The lowest BCUT2D eigenvalue weighted by atomic mass is 10.1. The SMILES string of the molecule is CCOc1ccc(Br)cc1C(=O)NC(=S)Nc1ccc2ccccc2c1. The van der Waals surface area contributed by atoms with Gasteiger partial charge in [-0.15, -0.1) is 0 Å². The fraction of sp³-hybridized carbons (Fsp3) is 0.100. The zero-order valence-corrected chi connectivity index (χ0v) is 16.5. The van der Waals surface area contributed by atoms with Crippen LogP contribution in [-0.4, -0.2) is 17.6 Å². The van der Waals surface area contributed by atoms with Gasteiger partial charge < -0.3 is 10.1 Å². The number of halogens is 1. The summed E-state index contributed by atoms with van der Waals surface area (Å²) >= 11 is 8.65. The molecule has 0 saturated carbocycles. The molecule has 0 saturated heterocycles. The van der Waals surface area contributed by atoms with Crippen LogP contribution in [0.25, 0.3) is 10.8 Å². The van der Waals surface area contributed by atoms with Crippen molar-refractivity contribution in [2.24, 2.45) is 0 Å². The normalized spacial score (nSPS) is 10.4. The first-order chi connectivity index (χ1) is 12.6. The fourth-order valence-electron chi connectivity index (χ4n) is 2.56. The molecule has 4 nitrogen and oxygen atoms in total. The molecule has 0 aromatic heterocycles. The van der Waals surface area contributed by atoms with Crippen molar-refractivity contribution < 1.29 is 9.53 Å². The third kappa shape index (κ3) is 4.39.